The molecule has 1 N–H and O–H groups in total. The lowest BCUT2D eigenvalue weighted by atomic mass is 9.99. The third-order valence-corrected chi connectivity index (χ3v) is 4.63. The van der Waals surface area contributed by atoms with Crippen molar-refractivity contribution in [3.8, 4) is 0 Å². The predicted octanol–water partition coefficient (Wildman–Crippen LogP) is 4.04. The van der Waals surface area contributed by atoms with Crippen molar-refractivity contribution in [3.05, 3.63) is 34.3 Å². The highest BCUT2D eigenvalue weighted by Crippen LogP contribution is 2.40. The molecule has 0 spiro atoms. The number of hydrogen-bond acceptors (Lipinski definition) is 2. The molecule has 0 amide bonds. The molecule has 0 aromatic heterocycles. The van der Waals surface area contributed by atoms with Crippen molar-refractivity contribution in [2.45, 2.75) is 25.3 Å². The lowest BCUT2D eigenvalue weighted by molar-refractivity contribution is 0.160. The summed E-state index contributed by atoms with van der Waals surface area (Å²) in [7, 11) is 0. The molecule has 1 aromatic carbocycles. The van der Waals surface area contributed by atoms with E-state index in [-0.39, 0.29) is 24.8 Å². The van der Waals surface area contributed by atoms with Crippen molar-refractivity contribution in [2.75, 3.05) is 26.2 Å². The molecule has 114 valence electrons. The lowest BCUT2D eigenvalue weighted by Crippen LogP contribution is -2.45. The van der Waals surface area contributed by atoms with Gasteiger partial charge in [-0.05, 0) is 30.0 Å². The Kier molecular flexibility index (Phi) is 7.84. The number of benzene rings is 1. The predicted molar refractivity (Wildman–Crippen MR) is 93.2 cm³/mol. The second-order valence-corrected chi connectivity index (χ2v) is 6.45. The second kappa shape index (κ2) is 8.60. The Morgan fingerprint density at radius 2 is 1.70 bits per heavy atom. The van der Waals surface area contributed by atoms with Crippen molar-refractivity contribution < 1.29 is 0 Å². The van der Waals surface area contributed by atoms with E-state index in [9.17, 15) is 0 Å². The Hall–Kier alpha value is 0.200. The number of nitrogens with one attached hydrogen (secondary N) is 1. The molecule has 2 nitrogen and oxygen atoms in total. The fourth-order valence-corrected chi connectivity index (χ4v) is 3.11. The van der Waals surface area contributed by atoms with Crippen LogP contribution in [0.25, 0.3) is 0 Å². The Bertz CT molecular complexity index is 389. The molecule has 5 heteroatoms. The fraction of sp³-hybridized carbons (Fsp3) is 0.600. The molecule has 1 saturated carbocycles. The van der Waals surface area contributed by atoms with Crippen molar-refractivity contribution >= 4 is 40.7 Å². The average molecular weight is 382 g/mol. The van der Waals surface area contributed by atoms with Crippen LogP contribution >= 0.6 is 40.7 Å². The first-order valence-corrected chi connectivity index (χ1v) is 7.82. The number of halogens is 3. The maximum Gasteiger partial charge on any atom is 0.0351 e. The smallest absolute Gasteiger partial charge is 0.0351 e. The first kappa shape index (κ1) is 18.2. The van der Waals surface area contributed by atoms with Gasteiger partial charge in [0.15, 0.2) is 0 Å². The molecule has 1 aliphatic heterocycles. The number of rotatable bonds is 4. The van der Waals surface area contributed by atoms with E-state index in [4.69, 9.17) is 0 Å². The molecule has 0 radical (unpaired) electrons. The van der Waals surface area contributed by atoms with Gasteiger partial charge in [0.1, 0.15) is 0 Å². The van der Waals surface area contributed by atoms with Crippen molar-refractivity contribution in [1.29, 1.82) is 0 Å². The summed E-state index contributed by atoms with van der Waals surface area (Å²) in [5.41, 5.74) is 1.49. The average Bonchev–Trinajstić information content (AvgIpc) is 3.22. The summed E-state index contributed by atoms with van der Waals surface area (Å²) in [5.74, 6) is 0.980. The number of piperazine rings is 1. The summed E-state index contributed by atoms with van der Waals surface area (Å²) in [5, 5.41) is 3.45. The van der Waals surface area contributed by atoms with Crippen LogP contribution in [0.4, 0.5) is 0 Å². The molecule has 1 aromatic rings. The highest BCUT2D eigenvalue weighted by molar-refractivity contribution is 9.10. The van der Waals surface area contributed by atoms with Crippen LogP contribution in [0.3, 0.4) is 0 Å². The molecular weight excluding hydrogens is 359 g/mol. The summed E-state index contributed by atoms with van der Waals surface area (Å²) < 4.78 is 1.18. The van der Waals surface area contributed by atoms with Crippen LogP contribution in [0.15, 0.2) is 28.7 Å². The van der Waals surface area contributed by atoms with Crippen molar-refractivity contribution in [1.82, 2.24) is 10.2 Å². The van der Waals surface area contributed by atoms with E-state index in [1.165, 1.54) is 42.4 Å². The Labute approximate surface area is 142 Å². The van der Waals surface area contributed by atoms with Gasteiger partial charge >= 0.3 is 0 Å². The Morgan fingerprint density at radius 3 is 2.25 bits per heavy atom. The summed E-state index contributed by atoms with van der Waals surface area (Å²) in [6.45, 7) is 4.65. The Morgan fingerprint density at radius 1 is 1.10 bits per heavy atom. The van der Waals surface area contributed by atoms with Gasteiger partial charge in [-0.15, -0.1) is 24.8 Å². The molecule has 3 rings (SSSR count). The van der Waals surface area contributed by atoms with Gasteiger partial charge in [0, 0.05) is 36.7 Å². The van der Waals surface area contributed by atoms with E-state index < -0.39 is 0 Å². The van der Waals surface area contributed by atoms with Gasteiger partial charge < -0.3 is 5.32 Å². The molecule has 1 atom stereocenters. The molecule has 1 heterocycles. The van der Waals surface area contributed by atoms with Crippen molar-refractivity contribution in [2.24, 2.45) is 5.92 Å². The SMILES string of the molecule is Brc1ccc([C@@H](CC2CC2)N2CCNCC2)cc1.Cl.Cl. The number of hydrogen-bond donors (Lipinski definition) is 1. The Balaban J connectivity index is 0.000001000. The lowest BCUT2D eigenvalue weighted by Gasteiger charge is -2.35. The second-order valence-electron chi connectivity index (χ2n) is 5.53. The van der Waals surface area contributed by atoms with E-state index in [0.29, 0.717) is 6.04 Å². The van der Waals surface area contributed by atoms with Gasteiger partial charge in [0.25, 0.3) is 0 Å². The molecule has 1 saturated heterocycles. The first-order chi connectivity index (χ1) is 8.83. The molecule has 2 aliphatic rings. The van der Waals surface area contributed by atoms with E-state index in [2.05, 4.69) is 50.4 Å². The van der Waals surface area contributed by atoms with Crippen LogP contribution < -0.4 is 5.32 Å². The van der Waals surface area contributed by atoms with Gasteiger partial charge in [0.05, 0.1) is 0 Å². The van der Waals surface area contributed by atoms with Gasteiger partial charge in [-0.3, -0.25) is 4.90 Å². The van der Waals surface area contributed by atoms with Crippen LogP contribution in [0.5, 0.6) is 0 Å². The van der Waals surface area contributed by atoms with Crippen LogP contribution in [0.2, 0.25) is 0 Å². The number of nitrogens with zero attached hydrogens (tertiary/aromatic N) is 1. The highest BCUT2D eigenvalue weighted by Gasteiger charge is 2.30. The minimum Gasteiger partial charge on any atom is -0.314 e. The van der Waals surface area contributed by atoms with Crippen LogP contribution in [-0.4, -0.2) is 31.1 Å². The summed E-state index contributed by atoms with van der Waals surface area (Å²) >= 11 is 3.53. The fourth-order valence-electron chi connectivity index (χ4n) is 2.84. The van der Waals surface area contributed by atoms with Gasteiger partial charge in [-0.2, -0.15) is 0 Å². The van der Waals surface area contributed by atoms with Gasteiger partial charge in [-0.25, -0.2) is 0 Å². The van der Waals surface area contributed by atoms with Gasteiger partial charge in [-0.1, -0.05) is 40.9 Å². The first-order valence-electron chi connectivity index (χ1n) is 7.03. The summed E-state index contributed by atoms with van der Waals surface area (Å²) in [6, 6.07) is 9.57. The standard InChI is InChI=1S/C15H21BrN2.2ClH/c16-14-5-3-13(4-6-14)15(11-12-1-2-12)18-9-7-17-8-10-18;;/h3-6,12,15,17H,1-2,7-11H2;2*1H/t15-;;/m1../s1. The van der Waals surface area contributed by atoms with Crippen LogP contribution in [0.1, 0.15) is 30.9 Å². The molecule has 20 heavy (non-hydrogen) atoms. The third-order valence-electron chi connectivity index (χ3n) is 4.10. The maximum atomic E-state index is 3.53. The highest BCUT2D eigenvalue weighted by atomic mass is 79.9. The minimum atomic E-state index is 0. The largest absolute Gasteiger partial charge is 0.314 e. The molecular formula is C15H23BrCl2N2. The van der Waals surface area contributed by atoms with Gasteiger partial charge in [0.2, 0.25) is 0 Å². The normalized spacial score (nSPS) is 20.6. The summed E-state index contributed by atoms with van der Waals surface area (Å²) in [6.07, 6.45) is 4.24. The monoisotopic (exact) mass is 380 g/mol. The van der Waals surface area contributed by atoms with E-state index in [1.54, 1.807) is 0 Å². The zero-order valence-corrected chi connectivity index (χ0v) is 14.8. The molecule has 2 fully saturated rings. The summed E-state index contributed by atoms with van der Waals surface area (Å²) in [4.78, 5) is 2.66. The zero-order valence-electron chi connectivity index (χ0n) is 11.6. The van der Waals surface area contributed by atoms with E-state index in [1.807, 2.05) is 0 Å². The van der Waals surface area contributed by atoms with Crippen LogP contribution in [-0.2, 0) is 0 Å². The quantitative estimate of drug-likeness (QED) is 0.846. The van der Waals surface area contributed by atoms with E-state index in [0.717, 1.165) is 19.0 Å². The molecule has 0 unspecified atom stereocenters. The topological polar surface area (TPSA) is 15.3 Å². The zero-order chi connectivity index (χ0) is 12.4. The van der Waals surface area contributed by atoms with Crippen LogP contribution in [0, 0.1) is 5.92 Å². The third kappa shape index (κ3) is 4.88. The van der Waals surface area contributed by atoms with E-state index >= 15 is 0 Å². The molecule has 1 aliphatic carbocycles. The maximum absolute atomic E-state index is 3.53. The molecule has 0 bridgehead atoms. The minimum absolute atomic E-state index is 0. The van der Waals surface area contributed by atoms with Crippen molar-refractivity contribution in [3.63, 3.8) is 0 Å².